The van der Waals surface area contributed by atoms with Gasteiger partial charge in [-0.25, -0.2) is 0 Å². The number of nitrogens with zero attached hydrogens (tertiary/aromatic N) is 2. The third-order valence-corrected chi connectivity index (χ3v) is 3.86. The summed E-state index contributed by atoms with van der Waals surface area (Å²) in [6.07, 6.45) is 0. The van der Waals surface area contributed by atoms with Gasteiger partial charge in [-0.05, 0) is 6.92 Å². The molecule has 0 aromatic carbocycles. The van der Waals surface area contributed by atoms with E-state index in [2.05, 4.69) is 0 Å². The topological polar surface area (TPSA) is 70.1 Å². The number of rotatable bonds is 5. The molecule has 0 aromatic heterocycles. The standard InChI is InChI=1S/C8H18N2O4S.Na.H/c1-2-14-15(12,13)10-5-3-9(4-6-10)7-8-11;;/h11H,2-8H2,1H3;;. The summed E-state index contributed by atoms with van der Waals surface area (Å²) in [5.74, 6) is 0. The van der Waals surface area contributed by atoms with Gasteiger partial charge in [-0.2, -0.15) is 12.7 Å². The van der Waals surface area contributed by atoms with Crippen LogP contribution in [0.4, 0.5) is 0 Å². The number of hydrogen-bond acceptors (Lipinski definition) is 5. The number of aliphatic hydroxyl groups excluding tert-OH is 1. The van der Waals surface area contributed by atoms with Crippen LogP contribution in [0.3, 0.4) is 0 Å². The number of β-amino-alcohol motifs (C(OH)–C–C–N with tert-alkyl or cyclic N) is 1. The third kappa shape index (κ3) is 4.97. The molecule has 0 unspecified atom stereocenters. The van der Waals surface area contributed by atoms with Gasteiger partial charge in [-0.3, -0.25) is 9.08 Å². The van der Waals surface area contributed by atoms with Crippen molar-refractivity contribution in [2.45, 2.75) is 6.92 Å². The fourth-order valence-electron chi connectivity index (χ4n) is 1.54. The van der Waals surface area contributed by atoms with Crippen LogP contribution in [-0.4, -0.2) is 98.2 Å². The van der Waals surface area contributed by atoms with Crippen molar-refractivity contribution in [2.24, 2.45) is 0 Å². The molecule has 0 saturated carbocycles. The molecule has 0 aliphatic carbocycles. The van der Waals surface area contributed by atoms with Crippen LogP contribution in [0.15, 0.2) is 0 Å². The van der Waals surface area contributed by atoms with E-state index in [0.717, 1.165) is 0 Å². The van der Waals surface area contributed by atoms with Gasteiger partial charge in [0.05, 0.1) is 13.2 Å². The van der Waals surface area contributed by atoms with E-state index in [1.807, 2.05) is 4.90 Å². The Morgan fingerprint density at radius 3 is 2.25 bits per heavy atom. The number of hydrogen-bond donors (Lipinski definition) is 1. The van der Waals surface area contributed by atoms with Gasteiger partial charge in [0.15, 0.2) is 0 Å². The van der Waals surface area contributed by atoms with Crippen molar-refractivity contribution in [1.29, 1.82) is 0 Å². The van der Waals surface area contributed by atoms with Gasteiger partial charge in [-0.1, -0.05) is 0 Å². The first-order chi connectivity index (χ1) is 7.10. The fourth-order valence-corrected chi connectivity index (χ4v) is 2.60. The van der Waals surface area contributed by atoms with Crippen LogP contribution in [0.2, 0.25) is 0 Å². The second-order valence-corrected chi connectivity index (χ2v) is 4.94. The zero-order chi connectivity index (χ0) is 11.3. The van der Waals surface area contributed by atoms with Gasteiger partial charge in [0, 0.05) is 32.7 Å². The van der Waals surface area contributed by atoms with E-state index in [0.29, 0.717) is 32.7 Å². The van der Waals surface area contributed by atoms with Crippen molar-refractivity contribution < 1.29 is 17.7 Å². The molecule has 16 heavy (non-hydrogen) atoms. The molecule has 8 heteroatoms. The first-order valence-corrected chi connectivity index (χ1v) is 6.44. The Kier molecular flexibility index (Phi) is 8.39. The molecule has 0 radical (unpaired) electrons. The minimum absolute atomic E-state index is 0. The summed E-state index contributed by atoms with van der Waals surface area (Å²) < 4.78 is 29.0. The van der Waals surface area contributed by atoms with Crippen LogP contribution >= 0.6 is 0 Å². The molecule has 1 heterocycles. The molecule has 92 valence electrons. The zero-order valence-electron chi connectivity index (χ0n) is 8.92. The molecule has 0 aromatic rings. The second-order valence-electron chi connectivity index (χ2n) is 3.33. The Hall–Kier alpha value is 0.790. The zero-order valence-corrected chi connectivity index (χ0v) is 9.74. The van der Waals surface area contributed by atoms with Crippen molar-refractivity contribution in [3.05, 3.63) is 0 Å². The quantitative estimate of drug-likeness (QED) is 0.594. The molecule has 1 rings (SSSR count). The Bertz CT molecular complexity index is 278. The molecular weight excluding hydrogens is 243 g/mol. The molecule has 0 bridgehead atoms. The molecule has 1 aliphatic heterocycles. The number of piperazine rings is 1. The van der Waals surface area contributed by atoms with Gasteiger partial charge in [0.25, 0.3) is 0 Å². The Morgan fingerprint density at radius 1 is 1.25 bits per heavy atom. The monoisotopic (exact) mass is 262 g/mol. The number of aliphatic hydroxyl groups is 1. The fraction of sp³-hybridized carbons (Fsp3) is 1.00. The summed E-state index contributed by atoms with van der Waals surface area (Å²) in [6.45, 7) is 4.68. The molecule has 1 N–H and O–H groups in total. The van der Waals surface area contributed by atoms with Crippen LogP contribution in [0.5, 0.6) is 0 Å². The van der Waals surface area contributed by atoms with Crippen molar-refractivity contribution in [2.75, 3.05) is 45.9 Å². The van der Waals surface area contributed by atoms with Gasteiger partial charge < -0.3 is 5.11 Å². The van der Waals surface area contributed by atoms with E-state index >= 15 is 0 Å². The molecule has 1 aliphatic rings. The van der Waals surface area contributed by atoms with Gasteiger partial charge in [0.2, 0.25) is 0 Å². The average Bonchev–Trinajstić information content (AvgIpc) is 2.19. The SMILES string of the molecule is CCOS(=O)(=O)N1CCN(CCO)CC1.[NaH]. The Labute approximate surface area is 119 Å². The van der Waals surface area contributed by atoms with Gasteiger partial charge in [-0.15, -0.1) is 0 Å². The van der Waals surface area contributed by atoms with Crippen LogP contribution in [-0.2, 0) is 14.5 Å². The van der Waals surface area contributed by atoms with E-state index in [-0.39, 0.29) is 42.8 Å². The van der Waals surface area contributed by atoms with Crippen LogP contribution in [0.25, 0.3) is 0 Å². The first-order valence-electron chi connectivity index (χ1n) is 5.08. The summed E-state index contributed by atoms with van der Waals surface area (Å²) in [5.41, 5.74) is 0. The van der Waals surface area contributed by atoms with Crippen molar-refractivity contribution in [1.82, 2.24) is 9.21 Å². The summed E-state index contributed by atoms with van der Waals surface area (Å²) in [4.78, 5) is 2.03. The summed E-state index contributed by atoms with van der Waals surface area (Å²) >= 11 is 0. The maximum absolute atomic E-state index is 11.5. The van der Waals surface area contributed by atoms with Crippen LogP contribution < -0.4 is 0 Å². The summed E-state index contributed by atoms with van der Waals surface area (Å²) in [7, 11) is -3.53. The second kappa shape index (κ2) is 7.99. The predicted octanol–water partition coefficient (Wildman–Crippen LogP) is -1.77. The van der Waals surface area contributed by atoms with E-state index in [9.17, 15) is 8.42 Å². The van der Waals surface area contributed by atoms with Crippen LogP contribution in [0.1, 0.15) is 6.92 Å². The Morgan fingerprint density at radius 2 is 1.81 bits per heavy atom. The average molecular weight is 262 g/mol. The van der Waals surface area contributed by atoms with Crippen LogP contribution in [0, 0.1) is 0 Å². The third-order valence-electron chi connectivity index (χ3n) is 2.33. The van der Waals surface area contributed by atoms with Gasteiger partial charge >= 0.3 is 39.9 Å². The molecule has 1 fully saturated rings. The van der Waals surface area contributed by atoms with E-state index < -0.39 is 10.3 Å². The van der Waals surface area contributed by atoms with Crippen molar-refractivity contribution in [3.8, 4) is 0 Å². The van der Waals surface area contributed by atoms with E-state index in [4.69, 9.17) is 9.29 Å². The van der Waals surface area contributed by atoms with Crippen molar-refractivity contribution in [3.63, 3.8) is 0 Å². The molecule has 1 saturated heterocycles. The molecule has 0 atom stereocenters. The summed E-state index contributed by atoms with van der Waals surface area (Å²) in [5, 5.41) is 8.73. The minimum atomic E-state index is -3.53. The molecule has 6 nitrogen and oxygen atoms in total. The molecule has 0 amide bonds. The summed E-state index contributed by atoms with van der Waals surface area (Å²) in [6, 6.07) is 0. The predicted molar refractivity (Wildman–Crippen MR) is 62.8 cm³/mol. The Balaban J connectivity index is 0.00000225. The van der Waals surface area contributed by atoms with E-state index in [1.165, 1.54) is 4.31 Å². The molecular formula is C8H19N2NaO4S. The maximum atomic E-state index is 11.5. The molecule has 0 spiro atoms. The van der Waals surface area contributed by atoms with Gasteiger partial charge in [0.1, 0.15) is 0 Å². The normalized spacial score (nSPS) is 19.4. The van der Waals surface area contributed by atoms with E-state index in [1.54, 1.807) is 6.92 Å². The first kappa shape index (κ1) is 16.8. The van der Waals surface area contributed by atoms with Crippen molar-refractivity contribution >= 4 is 39.9 Å².